The molecule has 8 heteroatoms. The first-order valence-corrected chi connectivity index (χ1v) is 5.77. The standard InChI is InChI=1S/C11H15F2N5.ClH/c1-2-5-17-8-9(6-16-17)14-7-10-3-4-15-18(10)11(12)13;/h3-4,6,8,11,14H,2,5,7H2,1H3;1H. The zero-order valence-electron chi connectivity index (χ0n) is 10.5. The van der Waals surface area contributed by atoms with E-state index in [0.29, 0.717) is 16.9 Å². The van der Waals surface area contributed by atoms with E-state index in [1.165, 1.54) is 6.20 Å². The number of rotatable bonds is 6. The van der Waals surface area contributed by atoms with Crippen molar-refractivity contribution in [3.63, 3.8) is 0 Å². The molecule has 19 heavy (non-hydrogen) atoms. The van der Waals surface area contributed by atoms with Gasteiger partial charge in [-0.25, -0.2) is 4.68 Å². The summed E-state index contributed by atoms with van der Waals surface area (Å²) in [6.07, 6.45) is 5.90. The molecule has 0 aromatic carbocycles. The molecule has 0 spiro atoms. The van der Waals surface area contributed by atoms with Crippen LogP contribution < -0.4 is 5.32 Å². The lowest BCUT2D eigenvalue weighted by Crippen LogP contribution is -2.09. The molecule has 0 saturated heterocycles. The van der Waals surface area contributed by atoms with Crippen molar-refractivity contribution in [1.29, 1.82) is 0 Å². The second kappa shape index (κ2) is 7.08. The van der Waals surface area contributed by atoms with E-state index < -0.39 is 6.55 Å². The quantitative estimate of drug-likeness (QED) is 0.890. The van der Waals surface area contributed by atoms with E-state index in [-0.39, 0.29) is 12.4 Å². The van der Waals surface area contributed by atoms with E-state index >= 15 is 0 Å². The summed E-state index contributed by atoms with van der Waals surface area (Å²) in [5.74, 6) is 0. The first-order chi connectivity index (χ1) is 8.70. The van der Waals surface area contributed by atoms with Crippen molar-refractivity contribution >= 4 is 18.1 Å². The number of anilines is 1. The third kappa shape index (κ3) is 3.92. The molecular formula is C11H16ClF2N5. The first kappa shape index (κ1) is 15.4. The highest BCUT2D eigenvalue weighted by molar-refractivity contribution is 5.85. The molecule has 2 aromatic heterocycles. The first-order valence-electron chi connectivity index (χ1n) is 5.77. The fourth-order valence-corrected chi connectivity index (χ4v) is 1.66. The Bertz CT molecular complexity index is 497. The molecule has 1 N–H and O–H groups in total. The van der Waals surface area contributed by atoms with Crippen molar-refractivity contribution in [2.24, 2.45) is 0 Å². The van der Waals surface area contributed by atoms with Gasteiger partial charge in [0.15, 0.2) is 0 Å². The van der Waals surface area contributed by atoms with E-state index in [9.17, 15) is 8.78 Å². The average molecular weight is 292 g/mol. The second-order valence-electron chi connectivity index (χ2n) is 3.89. The van der Waals surface area contributed by atoms with Crippen LogP contribution in [0.1, 0.15) is 25.6 Å². The van der Waals surface area contributed by atoms with Crippen LogP contribution >= 0.6 is 12.4 Å². The summed E-state index contributed by atoms with van der Waals surface area (Å²) in [6, 6.07) is 1.57. The molecular weight excluding hydrogens is 276 g/mol. The zero-order chi connectivity index (χ0) is 13.0. The van der Waals surface area contributed by atoms with Gasteiger partial charge < -0.3 is 5.32 Å². The van der Waals surface area contributed by atoms with Crippen molar-refractivity contribution < 1.29 is 8.78 Å². The van der Waals surface area contributed by atoms with Crippen LogP contribution in [0.2, 0.25) is 0 Å². The van der Waals surface area contributed by atoms with Gasteiger partial charge in [-0.15, -0.1) is 12.4 Å². The Morgan fingerprint density at radius 2 is 2.16 bits per heavy atom. The number of alkyl halides is 2. The Labute approximate surface area is 116 Å². The maximum Gasteiger partial charge on any atom is 0.333 e. The number of aryl methyl sites for hydroxylation is 1. The van der Waals surface area contributed by atoms with Gasteiger partial charge in [0.25, 0.3) is 0 Å². The number of nitrogens with one attached hydrogen (secondary N) is 1. The minimum atomic E-state index is -2.61. The fraction of sp³-hybridized carbons (Fsp3) is 0.455. The summed E-state index contributed by atoms with van der Waals surface area (Å²) < 4.78 is 27.6. The second-order valence-corrected chi connectivity index (χ2v) is 3.89. The summed E-state index contributed by atoms with van der Waals surface area (Å²) in [7, 11) is 0. The normalized spacial score (nSPS) is 10.5. The molecule has 5 nitrogen and oxygen atoms in total. The molecule has 0 radical (unpaired) electrons. The molecule has 0 fully saturated rings. The lowest BCUT2D eigenvalue weighted by Gasteiger charge is -2.06. The van der Waals surface area contributed by atoms with Crippen molar-refractivity contribution in [3.05, 3.63) is 30.4 Å². The van der Waals surface area contributed by atoms with Gasteiger partial charge in [-0.3, -0.25) is 4.68 Å². The van der Waals surface area contributed by atoms with Crippen molar-refractivity contribution in [2.75, 3.05) is 5.32 Å². The highest BCUT2D eigenvalue weighted by atomic mass is 35.5. The Balaban J connectivity index is 0.00000180. The van der Waals surface area contributed by atoms with Crippen molar-refractivity contribution in [3.8, 4) is 0 Å². The molecule has 2 aromatic rings. The molecule has 0 aliphatic heterocycles. The fourth-order valence-electron chi connectivity index (χ4n) is 1.66. The molecule has 0 saturated carbocycles. The van der Waals surface area contributed by atoms with Crippen LogP contribution in [0.4, 0.5) is 14.5 Å². The molecule has 0 aliphatic rings. The number of hydrogen-bond acceptors (Lipinski definition) is 3. The largest absolute Gasteiger partial charge is 0.377 e. The maximum atomic E-state index is 12.5. The van der Waals surface area contributed by atoms with Gasteiger partial charge in [0.1, 0.15) is 0 Å². The molecule has 2 heterocycles. The summed E-state index contributed by atoms with van der Waals surface area (Å²) in [4.78, 5) is 0. The Hall–Kier alpha value is -1.63. The van der Waals surface area contributed by atoms with Gasteiger partial charge in [-0.2, -0.15) is 19.0 Å². The lowest BCUT2D eigenvalue weighted by atomic mass is 10.4. The van der Waals surface area contributed by atoms with Crippen molar-refractivity contribution in [2.45, 2.75) is 33.0 Å². The van der Waals surface area contributed by atoms with E-state index in [1.54, 1.807) is 12.3 Å². The molecule has 2 rings (SSSR count). The van der Waals surface area contributed by atoms with Crippen LogP contribution in [0.25, 0.3) is 0 Å². The van der Waals surface area contributed by atoms with E-state index in [1.807, 2.05) is 10.9 Å². The summed E-state index contributed by atoms with van der Waals surface area (Å²) in [6.45, 7) is 0.592. The molecule has 0 amide bonds. The lowest BCUT2D eigenvalue weighted by molar-refractivity contribution is 0.0537. The smallest absolute Gasteiger partial charge is 0.333 e. The maximum absolute atomic E-state index is 12.5. The highest BCUT2D eigenvalue weighted by Crippen LogP contribution is 2.14. The zero-order valence-corrected chi connectivity index (χ0v) is 11.3. The predicted octanol–water partition coefficient (Wildman–Crippen LogP) is 2.92. The monoisotopic (exact) mass is 291 g/mol. The van der Waals surface area contributed by atoms with Crippen LogP contribution in [0.5, 0.6) is 0 Å². The highest BCUT2D eigenvalue weighted by Gasteiger charge is 2.11. The van der Waals surface area contributed by atoms with Crippen LogP contribution in [0, 0.1) is 0 Å². The third-order valence-corrected chi connectivity index (χ3v) is 2.50. The van der Waals surface area contributed by atoms with Gasteiger partial charge in [-0.1, -0.05) is 6.92 Å². The van der Waals surface area contributed by atoms with Crippen LogP contribution in [0.3, 0.4) is 0 Å². The van der Waals surface area contributed by atoms with Gasteiger partial charge in [0.2, 0.25) is 0 Å². The Kier molecular flexibility index (Phi) is 5.75. The van der Waals surface area contributed by atoms with E-state index in [4.69, 9.17) is 0 Å². The van der Waals surface area contributed by atoms with Gasteiger partial charge >= 0.3 is 6.55 Å². The van der Waals surface area contributed by atoms with E-state index in [2.05, 4.69) is 22.4 Å². The van der Waals surface area contributed by atoms with Gasteiger partial charge in [-0.05, 0) is 12.5 Å². The van der Waals surface area contributed by atoms with Crippen LogP contribution in [0.15, 0.2) is 24.7 Å². The minimum Gasteiger partial charge on any atom is -0.377 e. The average Bonchev–Trinajstić information content (AvgIpc) is 2.95. The van der Waals surface area contributed by atoms with Gasteiger partial charge in [0.05, 0.1) is 24.1 Å². The predicted molar refractivity (Wildman–Crippen MR) is 70.6 cm³/mol. The number of halogens is 3. The summed E-state index contributed by atoms with van der Waals surface area (Å²) >= 11 is 0. The Morgan fingerprint density at radius 1 is 1.37 bits per heavy atom. The summed E-state index contributed by atoms with van der Waals surface area (Å²) in [5.41, 5.74) is 1.25. The molecule has 0 bridgehead atoms. The minimum absolute atomic E-state index is 0. The van der Waals surface area contributed by atoms with Gasteiger partial charge in [0, 0.05) is 18.9 Å². The summed E-state index contributed by atoms with van der Waals surface area (Å²) in [5, 5.41) is 10.8. The third-order valence-electron chi connectivity index (χ3n) is 2.50. The van der Waals surface area contributed by atoms with Crippen LogP contribution in [-0.2, 0) is 13.1 Å². The Morgan fingerprint density at radius 3 is 2.84 bits per heavy atom. The molecule has 0 unspecified atom stereocenters. The topological polar surface area (TPSA) is 47.7 Å². The molecule has 0 atom stereocenters. The molecule has 106 valence electrons. The van der Waals surface area contributed by atoms with Crippen molar-refractivity contribution in [1.82, 2.24) is 19.6 Å². The number of hydrogen-bond donors (Lipinski definition) is 1. The van der Waals surface area contributed by atoms with Crippen LogP contribution in [-0.4, -0.2) is 19.6 Å². The number of nitrogens with zero attached hydrogens (tertiary/aromatic N) is 4. The SMILES string of the molecule is CCCn1cc(NCc2ccnn2C(F)F)cn1.Cl. The molecule has 0 aliphatic carbocycles. The van der Waals surface area contributed by atoms with E-state index in [0.717, 1.165) is 18.7 Å². The number of aromatic nitrogens is 4.